The monoisotopic (exact) mass is 555 g/mol. The van der Waals surface area contributed by atoms with Crippen LogP contribution in [-0.4, -0.2) is 17.3 Å². The van der Waals surface area contributed by atoms with E-state index < -0.39 is 29.4 Å². The molecule has 0 saturated heterocycles. The molecule has 1 heterocycles. The maximum atomic E-state index is 13.3. The number of carbonyl (C=O) groups excluding carboxylic acids is 2. The van der Waals surface area contributed by atoms with E-state index in [2.05, 4.69) is 10.3 Å². The second-order valence-electron chi connectivity index (χ2n) is 8.48. The predicted molar refractivity (Wildman–Crippen MR) is 139 cm³/mol. The smallest absolute Gasteiger partial charge is 0.322 e. The first-order chi connectivity index (χ1) is 18.9. The number of hydrogen-bond donors (Lipinski definition) is 1. The second-order valence-corrected chi connectivity index (χ2v) is 8.48. The molecule has 0 aliphatic rings. The fraction of sp³-hybridized carbons (Fsp3) is 0.0690. The summed E-state index contributed by atoms with van der Waals surface area (Å²) in [6.45, 7) is 0. The van der Waals surface area contributed by atoms with E-state index in [0.717, 1.165) is 46.9 Å². The Bertz CT molecular complexity index is 1550. The SMILES string of the molecule is O=CN(c1cc(C=Cc2ccncc2)cc(C(=O)Nc2cccc(C(F)(F)F)c2)c1)c1cccc(C(F)(F)F)c1. The number of rotatable bonds is 7. The molecule has 4 aromatic rings. The molecule has 0 atom stereocenters. The van der Waals surface area contributed by atoms with Gasteiger partial charge in [-0.25, -0.2) is 0 Å². The largest absolute Gasteiger partial charge is 0.416 e. The van der Waals surface area contributed by atoms with Crippen molar-refractivity contribution in [3.8, 4) is 0 Å². The zero-order chi connectivity index (χ0) is 28.9. The number of hydrogen-bond acceptors (Lipinski definition) is 3. The molecule has 0 aliphatic carbocycles. The maximum Gasteiger partial charge on any atom is 0.416 e. The van der Waals surface area contributed by atoms with Crippen LogP contribution in [0.5, 0.6) is 0 Å². The van der Waals surface area contributed by atoms with Gasteiger partial charge in [-0.3, -0.25) is 19.5 Å². The summed E-state index contributed by atoms with van der Waals surface area (Å²) >= 11 is 0. The minimum Gasteiger partial charge on any atom is -0.322 e. The molecule has 204 valence electrons. The van der Waals surface area contributed by atoms with Gasteiger partial charge in [0.2, 0.25) is 6.41 Å². The van der Waals surface area contributed by atoms with Crippen LogP contribution in [0.1, 0.15) is 32.6 Å². The Morgan fingerprint density at radius 3 is 2.00 bits per heavy atom. The Hall–Kier alpha value is -4.93. The lowest BCUT2D eigenvalue weighted by Gasteiger charge is -2.20. The fourth-order valence-electron chi connectivity index (χ4n) is 3.75. The van der Waals surface area contributed by atoms with Crippen LogP contribution >= 0.6 is 0 Å². The summed E-state index contributed by atoms with van der Waals surface area (Å²) in [6.07, 6.45) is -2.57. The highest BCUT2D eigenvalue weighted by Gasteiger charge is 2.31. The predicted octanol–water partition coefficient (Wildman–Crippen LogP) is 7.84. The van der Waals surface area contributed by atoms with E-state index in [0.29, 0.717) is 12.0 Å². The number of alkyl halides is 6. The van der Waals surface area contributed by atoms with Crippen molar-refractivity contribution in [3.63, 3.8) is 0 Å². The zero-order valence-electron chi connectivity index (χ0n) is 20.4. The van der Waals surface area contributed by atoms with E-state index in [-0.39, 0.29) is 22.6 Å². The summed E-state index contributed by atoms with van der Waals surface area (Å²) in [5, 5.41) is 2.40. The molecule has 4 rings (SSSR count). The molecule has 0 bridgehead atoms. The molecule has 0 aliphatic heterocycles. The number of halogens is 6. The van der Waals surface area contributed by atoms with Gasteiger partial charge in [0.1, 0.15) is 0 Å². The summed E-state index contributed by atoms with van der Waals surface area (Å²) in [7, 11) is 0. The van der Waals surface area contributed by atoms with Gasteiger partial charge in [-0.2, -0.15) is 26.3 Å². The van der Waals surface area contributed by atoms with E-state index in [4.69, 9.17) is 0 Å². The van der Waals surface area contributed by atoms with Crippen molar-refractivity contribution in [3.05, 3.63) is 119 Å². The van der Waals surface area contributed by atoms with Crippen molar-refractivity contribution in [2.45, 2.75) is 12.4 Å². The highest BCUT2D eigenvalue weighted by molar-refractivity contribution is 6.06. The van der Waals surface area contributed by atoms with E-state index in [1.165, 1.54) is 30.3 Å². The minimum atomic E-state index is -4.66. The van der Waals surface area contributed by atoms with E-state index in [1.807, 2.05) is 0 Å². The van der Waals surface area contributed by atoms with Crippen LogP contribution in [0.25, 0.3) is 12.2 Å². The topological polar surface area (TPSA) is 62.3 Å². The van der Waals surface area contributed by atoms with Crippen LogP contribution in [0.2, 0.25) is 0 Å². The molecule has 1 N–H and O–H groups in total. The molecule has 0 fully saturated rings. The number of benzene rings is 3. The molecule has 5 nitrogen and oxygen atoms in total. The van der Waals surface area contributed by atoms with Gasteiger partial charge in [-0.1, -0.05) is 24.3 Å². The summed E-state index contributed by atoms with van der Waals surface area (Å²) in [4.78, 5) is 30.0. The minimum absolute atomic E-state index is 0.0527. The number of nitrogens with one attached hydrogen (secondary N) is 1. The van der Waals surface area contributed by atoms with Gasteiger partial charge in [0, 0.05) is 35.0 Å². The number of pyridine rings is 1. The average Bonchev–Trinajstić information content (AvgIpc) is 2.92. The third-order valence-corrected chi connectivity index (χ3v) is 5.66. The molecule has 0 saturated carbocycles. The van der Waals surface area contributed by atoms with E-state index in [1.54, 1.807) is 36.7 Å². The first kappa shape index (κ1) is 28.1. The van der Waals surface area contributed by atoms with E-state index >= 15 is 0 Å². The number of amides is 2. The van der Waals surface area contributed by atoms with Crippen LogP contribution in [0.3, 0.4) is 0 Å². The highest BCUT2D eigenvalue weighted by Crippen LogP contribution is 2.34. The van der Waals surface area contributed by atoms with Crippen molar-refractivity contribution >= 4 is 41.5 Å². The van der Waals surface area contributed by atoms with Crippen LogP contribution in [0.4, 0.5) is 43.4 Å². The summed E-state index contributed by atoms with van der Waals surface area (Å²) in [5.74, 6) is -0.797. The number of anilines is 3. The lowest BCUT2D eigenvalue weighted by atomic mass is 10.1. The molecule has 0 radical (unpaired) electrons. The first-order valence-corrected chi connectivity index (χ1v) is 11.6. The van der Waals surface area contributed by atoms with Gasteiger partial charge in [-0.05, 0) is 77.9 Å². The van der Waals surface area contributed by atoms with Crippen molar-refractivity contribution in [2.24, 2.45) is 0 Å². The van der Waals surface area contributed by atoms with Gasteiger partial charge < -0.3 is 5.32 Å². The molecule has 3 aromatic carbocycles. The lowest BCUT2D eigenvalue weighted by Crippen LogP contribution is -2.18. The molecule has 1 aromatic heterocycles. The third kappa shape index (κ3) is 6.93. The van der Waals surface area contributed by atoms with Crippen molar-refractivity contribution in [2.75, 3.05) is 10.2 Å². The number of nitrogens with zero attached hydrogens (tertiary/aromatic N) is 2. The van der Waals surface area contributed by atoms with Crippen molar-refractivity contribution in [1.82, 2.24) is 4.98 Å². The molecule has 40 heavy (non-hydrogen) atoms. The summed E-state index contributed by atoms with van der Waals surface area (Å²) in [6, 6.07) is 15.7. The first-order valence-electron chi connectivity index (χ1n) is 11.6. The molecule has 11 heteroatoms. The summed E-state index contributed by atoms with van der Waals surface area (Å²) in [5.41, 5.74) is -1.02. The van der Waals surface area contributed by atoms with Gasteiger partial charge >= 0.3 is 12.4 Å². The number of carbonyl (C=O) groups is 2. The average molecular weight is 555 g/mol. The van der Waals surface area contributed by atoms with Crippen LogP contribution in [-0.2, 0) is 17.1 Å². The third-order valence-electron chi connectivity index (χ3n) is 5.66. The fourth-order valence-corrected chi connectivity index (χ4v) is 3.75. The van der Waals surface area contributed by atoms with E-state index in [9.17, 15) is 35.9 Å². The zero-order valence-corrected chi connectivity index (χ0v) is 20.4. The quantitative estimate of drug-likeness (QED) is 0.187. The maximum absolute atomic E-state index is 13.3. The molecule has 0 unspecified atom stereocenters. The molecule has 2 amide bonds. The van der Waals surface area contributed by atoms with Gasteiger partial charge in [0.05, 0.1) is 11.1 Å². The Morgan fingerprint density at radius 1 is 0.725 bits per heavy atom. The van der Waals surface area contributed by atoms with Crippen LogP contribution < -0.4 is 10.2 Å². The molecular formula is C29H19F6N3O2. The lowest BCUT2D eigenvalue weighted by molar-refractivity contribution is -0.138. The standard InChI is InChI=1S/C29H19F6N3O2/c30-28(31,32)22-3-1-5-24(16-22)37-27(40)21-13-20(8-7-19-9-11-36-12-10-19)14-26(15-21)38(18-39)25-6-2-4-23(17-25)29(33,34)35/h1-18H,(H,37,40). The molecule has 0 spiro atoms. The van der Waals surface area contributed by atoms with Crippen LogP contribution in [0.15, 0.2) is 91.3 Å². The van der Waals surface area contributed by atoms with Crippen LogP contribution in [0, 0.1) is 0 Å². The second kappa shape index (κ2) is 11.4. The Kier molecular flexibility index (Phi) is 8.03. The Morgan fingerprint density at radius 2 is 1.35 bits per heavy atom. The Balaban J connectivity index is 1.75. The van der Waals surface area contributed by atoms with Gasteiger partial charge in [0.15, 0.2) is 0 Å². The van der Waals surface area contributed by atoms with Crippen molar-refractivity contribution < 1.29 is 35.9 Å². The van der Waals surface area contributed by atoms with Crippen molar-refractivity contribution in [1.29, 1.82) is 0 Å². The van der Waals surface area contributed by atoms with Gasteiger partial charge in [0.25, 0.3) is 5.91 Å². The highest BCUT2D eigenvalue weighted by atomic mass is 19.4. The Labute approximate surface area is 224 Å². The molecular weight excluding hydrogens is 536 g/mol. The van der Waals surface area contributed by atoms with Gasteiger partial charge in [-0.15, -0.1) is 0 Å². The normalized spacial score (nSPS) is 11.8. The number of aromatic nitrogens is 1. The summed E-state index contributed by atoms with van der Waals surface area (Å²) < 4.78 is 79.2.